The summed E-state index contributed by atoms with van der Waals surface area (Å²) >= 11 is 0. The van der Waals surface area contributed by atoms with Crippen molar-refractivity contribution >= 4 is 23.6 Å². The summed E-state index contributed by atoms with van der Waals surface area (Å²) in [5, 5.41) is 14.1. The van der Waals surface area contributed by atoms with Gasteiger partial charge in [-0.2, -0.15) is 0 Å². The van der Waals surface area contributed by atoms with E-state index in [1.54, 1.807) is 25.1 Å². The Kier molecular flexibility index (Phi) is 5.62. The topological polar surface area (TPSA) is 108 Å². The minimum absolute atomic E-state index is 0.0118. The molecule has 1 fully saturated rings. The molecular weight excluding hydrogens is 314 g/mol. The molecule has 8 nitrogen and oxygen atoms in total. The smallest absolute Gasteiger partial charge is 0.322 e. The number of anilines is 1. The molecule has 3 N–H and O–H groups in total. The van der Waals surface area contributed by atoms with Crippen LogP contribution in [0.5, 0.6) is 5.75 Å². The number of nitrogens with zero attached hydrogens (tertiary/aromatic N) is 1. The first kappa shape index (κ1) is 17.6. The maximum atomic E-state index is 12.3. The van der Waals surface area contributed by atoms with E-state index in [2.05, 4.69) is 10.6 Å². The molecule has 1 saturated heterocycles. The first-order valence-electron chi connectivity index (χ1n) is 7.65. The van der Waals surface area contributed by atoms with Crippen LogP contribution in [0.3, 0.4) is 0 Å². The number of nitrogens with one attached hydrogen (secondary N) is 2. The van der Waals surface area contributed by atoms with Crippen LogP contribution < -0.4 is 20.3 Å². The van der Waals surface area contributed by atoms with Crippen molar-refractivity contribution in [2.75, 3.05) is 31.6 Å². The molecule has 0 aliphatic carbocycles. The summed E-state index contributed by atoms with van der Waals surface area (Å²) in [7, 11) is 1.50. The average molecular weight is 335 g/mol. The number of carboxylic acid groups (broad SMARTS) is 1. The molecule has 0 bridgehead atoms. The summed E-state index contributed by atoms with van der Waals surface area (Å²) < 4.78 is 5.26. The fraction of sp³-hybridized carbons (Fsp3) is 0.438. The Balaban J connectivity index is 2.11. The molecule has 1 aliphatic heterocycles. The van der Waals surface area contributed by atoms with E-state index in [0.29, 0.717) is 30.1 Å². The van der Waals surface area contributed by atoms with Crippen LogP contribution in [0.15, 0.2) is 18.2 Å². The highest BCUT2D eigenvalue weighted by Gasteiger charge is 2.25. The molecule has 1 aromatic rings. The van der Waals surface area contributed by atoms with E-state index < -0.39 is 5.97 Å². The standard InChI is InChI=1S/C16H21N3O5/c1-10(7-14(20)21)9-18-15(22)11-3-4-13(24-2)12(8-11)19-6-5-17-16(19)23/h3-4,8,10H,5-7,9H2,1-2H3,(H,17,23)(H,18,22)(H,20,21). The summed E-state index contributed by atoms with van der Waals surface area (Å²) in [4.78, 5) is 36.3. The second kappa shape index (κ2) is 7.67. The fourth-order valence-corrected chi connectivity index (χ4v) is 2.48. The van der Waals surface area contributed by atoms with Crippen molar-refractivity contribution in [3.63, 3.8) is 0 Å². The van der Waals surface area contributed by atoms with E-state index in [1.165, 1.54) is 12.0 Å². The number of amides is 3. The SMILES string of the molecule is COc1ccc(C(=O)NCC(C)CC(=O)O)cc1N1CCNC1=O. The molecule has 3 amide bonds. The number of hydrogen-bond donors (Lipinski definition) is 3. The van der Waals surface area contributed by atoms with Gasteiger partial charge in [-0.1, -0.05) is 6.92 Å². The van der Waals surface area contributed by atoms with Crippen LogP contribution in [0.25, 0.3) is 0 Å². The number of carbonyl (C=O) groups is 3. The number of hydrogen-bond acceptors (Lipinski definition) is 4. The van der Waals surface area contributed by atoms with Crippen molar-refractivity contribution in [3.8, 4) is 5.75 Å². The predicted octanol–water partition coefficient (Wildman–Crippen LogP) is 1.07. The Labute approximate surface area is 139 Å². The Hall–Kier alpha value is -2.77. The van der Waals surface area contributed by atoms with E-state index in [0.717, 1.165) is 0 Å². The second-order valence-corrected chi connectivity index (χ2v) is 5.68. The molecule has 0 spiro atoms. The fourth-order valence-electron chi connectivity index (χ4n) is 2.48. The number of rotatable bonds is 7. The largest absolute Gasteiger partial charge is 0.495 e. The summed E-state index contributed by atoms with van der Waals surface area (Å²) in [6.07, 6.45) is -0.0118. The molecule has 0 radical (unpaired) electrons. The van der Waals surface area contributed by atoms with Gasteiger partial charge in [-0.3, -0.25) is 14.5 Å². The highest BCUT2D eigenvalue weighted by molar-refractivity contribution is 5.99. The van der Waals surface area contributed by atoms with E-state index >= 15 is 0 Å². The van der Waals surface area contributed by atoms with Gasteiger partial charge in [0.05, 0.1) is 12.8 Å². The third-order valence-corrected chi connectivity index (χ3v) is 3.72. The maximum Gasteiger partial charge on any atom is 0.322 e. The second-order valence-electron chi connectivity index (χ2n) is 5.68. The Morgan fingerprint density at radius 3 is 2.79 bits per heavy atom. The molecule has 130 valence electrons. The van der Waals surface area contributed by atoms with Gasteiger partial charge in [0.2, 0.25) is 0 Å². The van der Waals surface area contributed by atoms with Crippen molar-refractivity contribution < 1.29 is 24.2 Å². The van der Waals surface area contributed by atoms with Gasteiger partial charge in [-0.15, -0.1) is 0 Å². The van der Waals surface area contributed by atoms with Gasteiger partial charge < -0.3 is 20.5 Å². The zero-order valence-corrected chi connectivity index (χ0v) is 13.7. The lowest BCUT2D eigenvalue weighted by molar-refractivity contribution is -0.137. The van der Waals surface area contributed by atoms with Crippen LogP contribution in [-0.4, -0.2) is 49.8 Å². The van der Waals surface area contributed by atoms with Crippen molar-refractivity contribution in [2.24, 2.45) is 5.92 Å². The molecule has 1 aliphatic rings. The van der Waals surface area contributed by atoms with Crippen molar-refractivity contribution in [1.82, 2.24) is 10.6 Å². The molecule has 0 saturated carbocycles. The number of benzene rings is 1. The predicted molar refractivity (Wildman–Crippen MR) is 87.5 cm³/mol. The van der Waals surface area contributed by atoms with Crippen molar-refractivity contribution in [2.45, 2.75) is 13.3 Å². The lowest BCUT2D eigenvalue weighted by Gasteiger charge is -2.19. The Morgan fingerprint density at radius 2 is 2.21 bits per heavy atom. The van der Waals surface area contributed by atoms with Crippen LogP contribution in [0.1, 0.15) is 23.7 Å². The van der Waals surface area contributed by atoms with Gasteiger partial charge in [-0.05, 0) is 24.1 Å². The number of ether oxygens (including phenoxy) is 1. The minimum Gasteiger partial charge on any atom is -0.495 e. The first-order valence-corrected chi connectivity index (χ1v) is 7.65. The monoisotopic (exact) mass is 335 g/mol. The van der Waals surface area contributed by atoms with Crippen LogP contribution in [0.4, 0.5) is 10.5 Å². The molecule has 1 heterocycles. The number of methoxy groups -OCH3 is 1. The molecule has 2 rings (SSSR count). The summed E-state index contributed by atoms with van der Waals surface area (Å²) in [6.45, 7) is 3.04. The quantitative estimate of drug-likeness (QED) is 0.691. The highest BCUT2D eigenvalue weighted by Crippen LogP contribution is 2.30. The lowest BCUT2D eigenvalue weighted by atomic mass is 10.1. The van der Waals surface area contributed by atoms with Gasteiger partial charge in [0, 0.05) is 31.6 Å². The number of carboxylic acids is 1. The molecule has 1 aromatic carbocycles. The van der Waals surface area contributed by atoms with Crippen LogP contribution >= 0.6 is 0 Å². The molecule has 24 heavy (non-hydrogen) atoms. The Bertz CT molecular complexity index is 647. The van der Waals surface area contributed by atoms with E-state index in [1.807, 2.05) is 0 Å². The third-order valence-electron chi connectivity index (χ3n) is 3.72. The Morgan fingerprint density at radius 1 is 1.46 bits per heavy atom. The molecule has 1 atom stereocenters. The summed E-state index contributed by atoms with van der Waals surface area (Å²) in [5.41, 5.74) is 0.909. The van der Waals surface area contributed by atoms with Gasteiger partial charge in [0.15, 0.2) is 0 Å². The van der Waals surface area contributed by atoms with E-state index in [-0.39, 0.29) is 30.8 Å². The lowest BCUT2D eigenvalue weighted by Crippen LogP contribution is -2.30. The minimum atomic E-state index is -0.900. The normalized spacial score (nSPS) is 14.9. The number of carbonyl (C=O) groups excluding carboxylic acids is 2. The number of urea groups is 1. The zero-order valence-electron chi connectivity index (χ0n) is 13.7. The van der Waals surface area contributed by atoms with Crippen LogP contribution in [-0.2, 0) is 4.79 Å². The first-order chi connectivity index (χ1) is 11.4. The third kappa shape index (κ3) is 4.15. The van der Waals surface area contributed by atoms with Gasteiger partial charge in [0.1, 0.15) is 5.75 Å². The van der Waals surface area contributed by atoms with Crippen molar-refractivity contribution in [1.29, 1.82) is 0 Å². The van der Waals surface area contributed by atoms with Crippen LogP contribution in [0, 0.1) is 5.92 Å². The highest BCUT2D eigenvalue weighted by atomic mass is 16.5. The van der Waals surface area contributed by atoms with Gasteiger partial charge in [0.25, 0.3) is 5.91 Å². The number of aliphatic carboxylic acids is 1. The average Bonchev–Trinajstić information content (AvgIpc) is 2.97. The molecule has 8 heteroatoms. The van der Waals surface area contributed by atoms with Gasteiger partial charge in [-0.25, -0.2) is 4.79 Å². The van der Waals surface area contributed by atoms with E-state index in [4.69, 9.17) is 9.84 Å². The summed E-state index contributed by atoms with van der Waals surface area (Å²) in [5.74, 6) is -0.893. The van der Waals surface area contributed by atoms with Gasteiger partial charge >= 0.3 is 12.0 Å². The van der Waals surface area contributed by atoms with E-state index in [9.17, 15) is 14.4 Å². The molecular formula is C16H21N3O5. The zero-order chi connectivity index (χ0) is 17.7. The summed E-state index contributed by atoms with van der Waals surface area (Å²) in [6, 6.07) is 4.60. The molecule has 0 aromatic heterocycles. The van der Waals surface area contributed by atoms with Crippen LogP contribution in [0.2, 0.25) is 0 Å². The maximum absolute atomic E-state index is 12.3. The van der Waals surface area contributed by atoms with Crippen molar-refractivity contribution in [3.05, 3.63) is 23.8 Å². The molecule has 1 unspecified atom stereocenters.